The van der Waals surface area contributed by atoms with Crippen molar-refractivity contribution in [1.82, 2.24) is 25.1 Å². The number of amides is 1. The van der Waals surface area contributed by atoms with E-state index < -0.39 is 0 Å². The second-order valence-corrected chi connectivity index (χ2v) is 9.31. The van der Waals surface area contributed by atoms with Crippen molar-refractivity contribution in [2.75, 3.05) is 0 Å². The highest BCUT2D eigenvalue weighted by molar-refractivity contribution is 7.98. The highest BCUT2D eigenvalue weighted by Crippen LogP contribution is 2.26. The van der Waals surface area contributed by atoms with Crippen LogP contribution in [-0.4, -0.2) is 25.7 Å². The molecule has 158 valence electrons. The third kappa shape index (κ3) is 5.21. The van der Waals surface area contributed by atoms with Crippen molar-refractivity contribution in [2.45, 2.75) is 38.2 Å². The molecular weight excluding hydrogens is 426 g/mol. The number of nitrogens with zero attached hydrogens (tertiary/aromatic N) is 4. The molecule has 4 aromatic rings. The molecule has 0 bridgehead atoms. The number of nitrogens with one attached hydrogen (secondary N) is 1. The quantitative estimate of drug-likeness (QED) is 0.408. The van der Waals surface area contributed by atoms with Gasteiger partial charge in [-0.3, -0.25) is 9.36 Å². The minimum Gasteiger partial charge on any atom is -0.346 e. The Labute approximate surface area is 189 Å². The molecular formula is C23H23N5OS2. The third-order valence-corrected chi connectivity index (χ3v) is 7.02. The molecule has 0 saturated heterocycles. The summed E-state index contributed by atoms with van der Waals surface area (Å²) < 4.78 is 2.06. The van der Waals surface area contributed by atoms with Crippen molar-refractivity contribution in [2.24, 2.45) is 0 Å². The largest absolute Gasteiger partial charge is 0.346 e. The second kappa shape index (κ2) is 9.45. The van der Waals surface area contributed by atoms with Crippen LogP contribution in [0.1, 0.15) is 37.1 Å². The number of imidazole rings is 1. The van der Waals surface area contributed by atoms with E-state index in [9.17, 15) is 4.79 Å². The van der Waals surface area contributed by atoms with Gasteiger partial charge in [0.1, 0.15) is 5.01 Å². The summed E-state index contributed by atoms with van der Waals surface area (Å²) in [6, 6.07) is 14.4. The molecule has 0 saturated carbocycles. The fraction of sp³-hybridized carbons (Fsp3) is 0.217. The topological polar surface area (TPSA) is 72.7 Å². The SMILES string of the molecule is Cc1ccc(CNC(=O)c2nnc(CSc3nccn3-c3ccc(C)c(C)c3)s2)cc1. The summed E-state index contributed by atoms with van der Waals surface area (Å²) in [6.07, 6.45) is 3.75. The fourth-order valence-corrected chi connectivity index (χ4v) is 4.68. The maximum Gasteiger partial charge on any atom is 0.282 e. The summed E-state index contributed by atoms with van der Waals surface area (Å²) in [7, 11) is 0. The van der Waals surface area contributed by atoms with Gasteiger partial charge in [-0.15, -0.1) is 10.2 Å². The van der Waals surface area contributed by atoms with E-state index in [-0.39, 0.29) is 5.91 Å². The first-order valence-electron chi connectivity index (χ1n) is 9.89. The third-order valence-electron chi connectivity index (χ3n) is 4.93. The molecule has 0 radical (unpaired) electrons. The van der Waals surface area contributed by atoms with Crippen LogP contribution in [0.15, 0.2) is 60.0 Å². The molecule has 0 fully saturated rings. The fourth-order valence-electron chi connectivity index (χ4n) is 2.96. The van der Waals surface area contributed by atoms with Crippen LogP contribution in [0, 0.1) is 20.8 Å². The molecule has 0 aliphatic carbocycles. The van der Waals surface area contributed by atoms with Gasteiger partial charge in [-0.1, -0.05) is 59.0 Å². The number of benzene rings is 2. The highest BCUT2D eigenvalue weighted by Gasteiger charge is 2.14. The van der Waals surface area contributed by atoms with Crippen molar-refractivity contribution >= 4 is 29.0 Å². The van der Waals surface area contributed by atoms with E-state index in [0.29, 0.717) is 17.3 Å². The molecule has 31 heavy (non-hydrogen) atoms. The van der Waals surface area contributed by atoms with Crippen molar-refractivity contribution in [3.63, 3.8) is 0 Å². The zero-order chi connectivity index (χ0) is 21.8. The number of aromatic nitrogens is 4. The van der Waals surface area contributed by atoms with Gasteiger partial charge in [-0.25, -0.2) is 4.98 Å². The highest BCUT2D eigenvalue weighted by atomic mass is 32.2. The number of hydrogen-bond donors (Lipinski definition) is 1. The summed E-state index contributed by atoms with van der Waals surface area (Å²) in [4.78, 5) is 16.9. The molecule has 6 nitrogen and oxygen atoms in total. The monoisotopic (exact) mass is 449 g/mol. The molecule has 2 aromatic carbocycles. The molecule has 0 aliphatic heterocycles. The molecule has 8 heteroatoms. The van der Waals surface area contributed by atoms with Crippen LogP contribution in [0.4, 0.5) is 0 Å². The summed E-state index contributed by atoms with van der Waals surface area (Å²) >= 11 is 2.89. The first kappa shape index (κ1) is 21.3. The van der Waals surface area contributed by atoms with E-state index in [1.54, 1.807) is 18.0 Å². The van der Waals surface area contributed by atoms with Gasteiger partial charge in [0.2, 0.25) is 5.01 Å². The van der Waals surface area contributed by atoms with E-state index in [4.69, 9.17) is 0 Å². The Balaban J connectivity index is 1.36. The van der Waals surface area contributed by atoms with E-state index in [1.165, 1.54) is 28.0 Å². The Morgan fingerprint density at radius 3 is 2.65 bits per heavy atom. The Bertz CT molecular complexity index is 1200. The van der Waals surface area contributed by atoms with Gasteiger partial charge >= 0.3 is 0 Å². The van der Waals surface area contributed by atoms with Crippen molar-refractivity contribution < 1.29 is 4.79 Å². The molecule has 4 rings (SSSR count). The first-order chi connectivity index (χ1) is 15.0. The summed E-state index contributed by atoms with van der Waals surface area (Å²) in [5.74, 6) is 0.399. The van der Waals surface area contributed by atoms with Gasteiger partial charge in [0, 0.05) is 24.6 Å². The standard InChI is InChI=1S/C23H23N5OS2/c1-15-4-7-18(8-5-15)13-25-21(29)22-27-26-20(31-22)14-30-23-24-10-11-28(23)19-9-6-16(2)17(3)12-19/h4-12H,13-14H2,1-3H3,(H,25,29). The Hall–Kier alpha value is -2.97. The summed E-state index contributed by atoms with van der Waals surface area (Å²) in [5, 5.41) is 13.2. The average Bonchev–Trinajstić information content (AvgIpc) is 3.43. The predicted octanol–water partition coefficient (Wildman–Crippen LogP) is 4.87. The van der Waals surface area contributed by atoms with Crippen LogP contribution in [0.5, 0.6) is 0 Å². The van der Waals surface area contributed by atoms with E-state index >= 15 is 0 Å². The molecule has 1 amide bonds. The number of carbonyl (C=O) groups is 1. The van der Waals surface area contributed by atoms with Crippen LogP contribution < -0.4 is 5.32 Å². The number of rotatable bonds is 7. The normalized spacial score (nSPS) is 10.9. The van der Waals surface area contributed by atoms with Gasteiger partial charge in [0.15, 0.2) is 5.16 Å². The minimum atomic E-state index is -0.203. The predicted molar refractivity (Wildman–Crippen MR) is 125 cm³/mol. The zero-order valence-corrected chi connectivity index (χ0v) is 19.3. The van der Waals surface area contributed by atoms with Gasteiger partial charge in [0.25, 0.3) is 5.91 Å². The van der Waals surface area contributed by atoms with Crippen LogP contribution in [0.2, 0.25) is 0 Å². The molecule has 2 aromatic heterocycles. The molecule has 0 spiro atoms. The zero-order valence-electron chi connectivity index (χ0n) is 17.6. The number of aryl methyl sites for hydroxylation is 3. The number of thioether (sulfide) groups is 1. The van der Waals surface area contributed by atoms with Crippen molar-refractivity contribution in [3.8, 4) is 5.69 Å². The maximum atomic E-state index is 12.4. The Morgan fingerprint density at radius 2 is 1.87 bits per heavy atom. The lowest BCUT2D eigenvalue weighted by molar-refractivity contribution is 0.0950. The lowest BCUT2D eigenvalue weighted by atomic mass is 10.1. The van der Waals surface area contributed by atoms with Crippen LogP contribution in [0.3, 0.4) is 0 Å². The second-order valence-electron chi connectivity index (χ2n) is 7.31. The number of carbonyl (C=O) groups excluding carboxylic acids is 1. The van der Waals surface area contributed by atoms with Crippen LogP contribution >= 0.6 is 23.1 Å². The molecule has 0 unspecified atom stereocenters. The van der Waals surface area contributed by atoms with Crippen molar-refractivity contribution in [3.05, 3.63) is 87.1 Å². The van der Waals surface area contributed by atoms with Gasteiger partial charge in [-0.05, 0) is 49.6 Å². The lowest BCUT2D eigenvalue weighted by Gasteiger charge is -2.09. The van der Waals surface area contributed by atoms with E-state index in [1.807, 2.05) is 37.4 Å². The van der Waals surface area contributed by atoms with Crippen LogP contribution in [-0.2, 0) is 12.3 Å². The Morgan fingerprint density at radius 1 is 1.06 bits per heavy atom. The Kier molecular flexibility index (Phi) is 6.48. The molecule has 1 N–H and O–H groups in total. The minimum absolute atomic E-state index is 0.203. The van der Waals surface area contributed by atoms with E-state index in [0.717, 1.165) is 21.4 Å². The number of hydrogen-bond acceptors (Lipinski definition) is 6. The molecule has 0 aliphatic rings. The van der Waals surface area contributed by atoms with Gasteiger partial charge in [-0.2, -0.15) is 0 Å². The van der Waals surface area contributed by atoms with Gasteiger partial charge in [0.05, 0.1) is 5.75 Å². The first-order valence-corrected chi connectivity index (χ1v) is 11.7. The van der Waals surface area contributed by atoms with Crippen LogP contribution in [0.25, 0.3) is 5.69 Å². The van der Waals surface area contributed by atoms with Gasteiger partial charge < -0.3 is 5.32 Å². The van der Waals surface area contributed by atoms with Crippen molar-refractivity contribution in [1.29, 1.82) is 0 Å². The smallest absolute Gasteiger partial charge is 0.282 e. The maximum absolute atomic E-state index is 12.4. The van der Waals surface area contributed by atoms with E-state index in [2.05, 4.69) is 57.1 Å². The summed E-state index contributed by atoms with van der Waals surface area (Å²) in [5.41, 5.74) is 5.83. The average molecular weight is 450 g/mol. The molecule has 2 heterocycles. The summed E-state index contributed by atoms with van der Waals surface area (Å²) in [6.45, 7) is 6.72. The molecule has 0 atom stereocenters. The lowest BCUT2D eigenvalue weighted by Crippen LogP contribution is -2.22.